The molecular weight excluding hydrogens is 210 g/mol. The molecule has 2 heteroatoms. The van der Waals surface area contributed by atoms with E-state index in [1.807, 2.05) is 0 Å². The molecule has 1 aromatic carbocycles. The van der Waals surface area contributed by atoms with Crippen LogP contribution in [0.5, 0.6) is 0 Å². The van der Waals surface area contributed by atoms with Gasteiger partial charge < -0.3 is 4.74 Å². The number of morpholine rings is 1. The third kappa shape index (κ3) is 2.24. The molecule has 1 aliphatic carbocycles. The minimum atomic E-state index is 0.495. The Hall–Kier alpha value is -0.860. The zero-order chi connectivity index (χ0) is 11.7. The van der Waals surface area contributed by atoms with Crippen molar-refractivity contribution in [1.82, 2.24) is 4.90 Å². The maximum atomic E-state index is 5.94. The lowest BCUT2D eigenvalue weighted by molar-refractivity contribution is -0.0887. The lowest BCUT2D eigenvalue weighted by Gasteiger charge is -2.42. The summed E-state index contributed by atoms with van der Waals surface area (Å²) in [6.07, 6.45) is 4.38. The van der Waals surface area contributed by atoms with E-state index in [0.717, 1.165) is 13.2 Å². The fourth-order valence-corrected chi connectivity index (χ4v) is 3.23. The molecule has 92 valence electrons. The van der Waals surface area contributed by atoms with Crippen LogP contribution < -0.4 is 0 Å². The molecule has 2 aliphatic rings. The van der Waals surface area contributed by atoms with Crippen LogP contribution in [0.25, 0.3) is 0 Å². The number of benzene rings is 1. The van der Waals surface area contributed by atoms with Crippen LogP contribution in [0.3, 0.4) is 0 Å². The van der Waals surface area contributed by atoms with Gasteiger partial charge in [0.15, 0.2) is 0 Å². The van der Waals surface area contributed by atoms with Gasteiger partial charge in [0.1, 0.15) is 0 Å². The first kappa shape index (κ1) is 11.2. The highest BCUT2D eigenvalue weighted by atomic mass is 16.5. The number of hydrogen-bond donors (Lipinski definition) is 0. The number of hydrogen-bond acceptors (Lipinski definition) is 2. The maximum Gasteiger partial charge on any atom is 0.0731 e. The van der Waals surface area contributed by atoms with Crippen molar-refractivity contribution in [2.75, 3.05) is 6.61 Å². The average molecular weight is 231 g/mol. The molecule has 0 aromatic heterocycles. The largest absolute Gasteiger partial charge is 0.375 e. The molecule has 2 unspecified atom stereocenters. The van der Waals surface area contributed by atoms with Crippen LogP contribution in [-0.4, -0.2) is 29.7 Å². The van der Waals surface area contributed by atoms with Gasteiger partial charge >= 0.3 is 0 Å². The molecule has 0 amide bonds. The zero-order valence-electron chi connectivity index (χ0n) is 10.5. The summed E-state index contributed by atoms with van der Waals surface area (Å²) in [5.41, 5.74) is 1.42. The first-order valence-electron chi connectivity index (χ1n) is 6.76. The summed E-state index contributed by atoms with van der Waals surface area (Å²) in [5, 5.41) is 0. The number of ether oxygens (including phenoxy) is 1. The Balaban J connectivity index is 1.75. The summed E-state index contributed by atoms with van der Waals surface area (Å²) in [6.45, 7) is 4.26. The predicted octanol–water partition coefficient (Wildman–Crippen LogP) is 2.83. The zero-order valence-corrected chi connectivity index (χ0v) is 10.5. The van der Waals surface area contributed by atoms with Gasteiger partial charge in [0.25, 0.3) is 0 Å². The van der Waals surface area contributed by atoms with Crippen LogP contribution >= 0.6 is 0 Å². The monoisotopic (exact) mass is 231 g/mol. The highest BCUT2D eigenvalue weighted by Crippen LogP contribution is 2.32. The van der Waals surface area contributed by atoms with Gasteiger partial charge in [0, 0.05) is 18.6 Å². The van der Waals surface area contributed by atoms with Crippen molar-refractivity contribution in [3.8, 4) is 0 Å². The first-order chi connectivity index (χ1) is 8.34. The molecule has 1 aromatic rings. The smallest absolute Gasteiger partial charge is 0.0731 e. The van der Waals surface area contributed by atoms with Crippen LogP contribution in [0.1, 0.15) is 31.7 Å². The molecule has 0 N–H and O–H groups in total. The van der Waals surface area contributed by atoms with Crippen molar-refractivity contribution >= 4 is 0 Å². The molecule has 1 aliphatic heterocycles. The summed E-state index contributed by atoms with van der Waals surface area (Å²) in [5.74, 6) is 0. The van der Waals surface area contributed by atoms with Gasteiger partial charge in [-0.05, 0) is 31.7 Å². The molecule has 0 spiro atoms. The summed E-state index contributed by atoms with van der Waals surface area (Å²) in [4.78, 5) is 2.65. The van der Waals surface area contributed by atoms with Crippen LogP contribution in [-0.2, 0) is 11.3 Å². The van der Waals surface area contributed by atoms with E-state index < -0.39 is 0 Å². The lowest BCUT2D eigenvalue weighted by atomic mass is 10.1. The molecule has 0 bridgehead atoms. The molecular formula is C15H21NO. The Morgan fingerprint density at radius 1 is 1.24 bits per heavy atom. The van der Waals surface area contributed by atoms with E-state index in [0.29, 0.717) is 18.2 Å². The molecule has 17 heavy (non-hydrogen) atoms. The van der Waals surface area contributed by atoms with E-state index >= 15 is 0 Å². The van der Waals surface area contributed by atoms with E-state index in [-0.39, 0.29) is 0 Å². The van der Waals surface area contributed by atoms with Gasteiger partial charge in [-0.15, -0.1) is 0 Å². The Morgan fingerprint density at radius 2 is 2.06 bits per heavy atom. The van der Waals surface area contributed by atoms with Crippen molar-refractivity contribution < 1.29 is 4.74 Å². The summed E-state index contributed by atoms with van der Waals surface area (Å²) >= 11 is 0. The van der Waals surface area contributed by atoms with Gasteiger partial charge in [-0.3, -0.25) is 4.90 Å². The molecule has 3 rings (SSSR count). The summed E-state index contributed by atoms with van der Waals surface area (Å²) in [6, 6.07) is 12.0. The third-order valence-corrected chi connectivity index (χ3v) is 4.17. The molecule has 1 heterocycles. The van der Waals surface area contributed by atoms with Crippen LogP contribution in [0, 0.1) is 0 Å². The fourth-order valence-electron chi connectivity index (χ4n) is 3.23. The molecule has 3 atom stereocenters. The average Bonchev–Trinajstić information content (AvgIpc) is 2.83. The second-order valence-corrected chi connectivity index (χ2v) is 5.38. The Labute approximate surface area is 104 Å². The topological polar surface area (TPSA) is 12.5 Å². The lowest BCUT2D eigenvalue weighted by Crippen LogP contribution is -2.52. The van der Waals surface area contributed by atoms with Crippen molar-refractivity contribution in [2.45, 2.75) is 50.9 Å². The maximum absolute atomic E-state index is 5.94. The second kappa shape index (κ2) is 4.79. The quantitative estimate of drug-likeness (QED) is 0.776. The van der Waals surface area contributed by atoms with E-state index in [1.165, 1.54) is 24.8 Å². The Morgan fingerprint density at radius 3 is 2.88 bits per heavy atom. The predicted molar refractivity (Wildman–Crippen MR) is 68.8 cm³/mol. The van der Waals surface area contributed by atoms with Crippen LogP contribution in [0.4, 0.5) is 0 Å². The van der Waals surface area contributed by atoms with E-state index in [2.05, 4.69) is 42.2 Å². The van der Waals surface area contributed by atoms with Crippen LogP contribution in [0.15, 0.2) is 30.3 Å². The number of fused-ring (bicyclic) bond motifs is 1. The Kier molecular flexibility index (Phi) is 3.17. The van der Waals surface area contributed by atoms with Gasteiger partial charge in [-0.2, -0.15) is 0 Å². The number of nitrogens with zero attached hydrogens (tertiary/aromatic N) is 1. The second-order valence-electron chi connectivity index (χ2n) is 5.38. The molecule has 2 nitrogen and oxygen atoms in total. The van der Waals surface area contributed by atoms with E-state index in [1.54, 1.807) is 0 Å². The molecule has 0 radical (unpaired) electrons. The SMILES string of the molecule is CC1CO[C@H]2CCCC2N1Cc1ccccc1. The van der Waals surface area contributed by atoms with Gasteiger partial charge in [-0.25, -0.2) is 0 Å². The fraction of sp³-hybridized carbons (Fsp3) is 0.600. The minimum absolute atomic E-state index is 0.495. The van der Waals surface area contributed by atoms with E-state index in [4.69, 9.17) is 4.74 Å². The van der Waals surface area contributed by atoms with E-state index in [9.17, 15) is 0 Å². The van der Waals surface area contributed by atoms with Gasteiger partial charge in [-0.1, -0.05) is 30.3 Å². The first-order valence-corrected chi connectivity index (χ1v) is 6.76. The van der Waals surface area contributed by atoms with Gasteiger partial charge in [0.2, 0.25) is 0 Å². The molecule has 2 fully saturated rings. The normalized spacial score (nSPS) is 33.6. The summed E-state index contributed by atoms with van der Waals surface area (Å²) < 4.78 is 5.94. The summed E-state index contributed by atoms with van der Waals surface area (Å²) in [7, 11) is 0. The van der Waals surface area contributed by atoms with Crippen molar-refractivity contribution in [3.05, 3.63) is 35.9 Å². The van der Waals surface area contributed by atoms with Crippen LogP contribution in [0.2, 0.25) is 0 Å². The highest BCUT2D eigenvalue weighted by Gasteiger charge is 2.38. The van der Waals surface area contributed by atoms with Crippen molar-refractivity contribution in [2.24, 2.45) is 0 Å². The van der Waals surface area contributed by atoms with Gasteiger partial charge in [0.05, 0.1) is 12.7 Å². The Bertz CT molecular complexity index is 364. The van der Waals surface area contributed by atoms with Crippen molar-refractivity contribution in [1.29, 1.82) is 0 Å². The standard InChI is InChI=1S/C15H21NO/c1-12-11-17-15-9-5-8-14(15)16(12)10-13-6-3-2-4-7-13/h2-4,6-7,12,14-15H,5,8-11H2,1H3/t12?,14?,15-/m0/s1. The number of rotatable bonds is 2. The molecule has 1 saturated heterocycles. The minimum Gasteiger partial charge on any atom is -0.375 e. The third-order valence-electron chi connectivity index (χ3n) is 4.17. The van der Waals surface area contributed by atoms with Crippen molar-refractivity contribution in [3.63, 3.8) is 0 Å². The molecule has 1 saturated carbocycles. The highest BCUT2D eigenvalue weighted by molar-refractivity contribution is 5.15.